The lowest BCUT2D eigenvalue weighted by atomic mass is 9.97. The number of carbonyl (C=O) groups excluding carboxylic acids is 1. The molecule has 1 amide bonds. The van der Waals surface area contributed by atoms with Gasteiger partial charge >= 0.3 is 5.69 Å². The van der Waals surface area contributed by atoms with Crippen LogP contribution in [0, 0.1) is 12.7 Å². The Morgan fingerprint density at radius 1 is 1.16 bits per heavy atom. The van der Waals surface area contributed by atoms with E-state index in [-0.39, 0.29) is 23.7 Å². The first kappa shape index (κ1) is 21.6. The van der Waals surface area contributed by atoms with E-state index in [4.69, 9.17) is 5.73 Å². The molecule has 7 nitrogen and oxygen atoms in total. The van der Waals surface area contributed by atoms with Gasteiger partial charge in [0.1, 0.15) is 12.1 Å². The number of rotatable bonds is 5. The van der Waals surface area contributed by atoms with Crippen LogP contribution in [-0.4, -0.2) is 26.8 Å². The molecule has 0 fully saturated rings. The fourth-order valence-electron chi connectivity index (χ4n) is 3.81. The number of nitrogens with two attached hydrogens (primary N) is 1. The predicted molar refractivity (Wildman–Crippen MR) is 113 cm³/mol. The second-order valence-corrected chi connectivity index (χ2v) is 7.46. The number of carbonyl (C=O) groups is 1. The SMILES string of the molecule is Cc1cccc2c1N(c1ccc(-n3cnn(CC(CN)=C(F)F)c3=O)cc1F)C(=O)CC2. The van der Waals surface area contributed by atoms with Crippen LogP contribution < -0.4 is 16.3 Å². The molecule has 2 aromatic carbocycles. The van der Waals surface area contributed by atoms with Gasteiger partial charge in [-0.2, -0.15) is 13.9 Å². The molecule has 1 aliphatic heterocycles. The van der Waals surface area contributed by atoms with Gasteiger partial charge in [-0.1, -0.05) is 18.2 Å². The summed E-state index contributed by atoms with van der Waals surface area (Å²) in [6.45, 7) is 0.967. The van der Waals surface area contributed by atoms with Crippen molar-refractivity contribution in [3.8, 4) is 5.69 Å². The molecule has 0 radical (unpaired) electrons. The van der Waals surface area contributed by atoms with Crippen molar-refractivity contribution in [1.82, 2.24) is 14.3 Å². The third-order valence-electron chi connectivity index (χ3n) is 5.44. The summed E-state index contributed by atoms with van der Waals surface area (Å²) < 4.78 is 42.7. The topological polar surface area (TPSA) is 86.2 Å². The van der Waals surface area contributed by atoms with Crippen LogP contribution >= 0.6 is 0 Å². The monoisotopic (exact) mass is 443 g/mol. The lowest BCUT2D eigenvalue weighted by Gasteiger charge is -2.31. The van der Waals surface area contributed by atoms with Crippen LogP contribution in [0.15, 0.2) is 59.2 Å². The van der Waals surface area contributed by atoms with Crippen LogP contribution in [0.3, 0.4) is 0 Å². The van der Waals surface area contributed by atoms with Gasteiger partial charge in [0.15, 0.2) is 0 Å². The number of hydrogen-bond donors (Lipinski definition) is 1. The van der Waals surface area contributed by atoms with E-state index in [1.807, 2.05) is 25.1 Å². The number of amides is 1. The molecule has 0 atom stereocenters. The van der Waals surface area contributed by atoms with E-state index in [0.29, 0.717) is 12.1 Å². The van der Waals surface area contributed by atoms with Crippen molar-refractivity contribution in [1.29, 1.82) is 0 Å². The third kappa shape index (κ3) is 3.73. The Kier molecular flexibility index (Phi) is 5.70. The molecule has 166 valence electrons. The molecule has 0 spiro atoms. The number of halogens is 3. The zero-order valence-corrected chi connectivity index (χ0v) is 17.2. The molecule has 0 saturated carbocycles. The fraction of sp³-hybridized carbons (Fsp3) is 0.227. The quantitative estimate of drug-likeness (QED) is 0.656. The minimum Gasteiger partial charge on any atom is -0.327 e. The zero-order valence-electron chi connectivity index (χ0n) is 17.2. The number of fused-ring (bicyclic) bond motifs is 1. The highest BCUT2D eigenvalue weighted by Crippen LogP contribution is 2.38. The lowest BCUT2D eigenvalue weighted by Crippen LogP contribution is -2.32. The zero-order chi connectivity index (χ0) is 23.0. The molecule has 3 aromatic rings. The molecule has 10 heteroatoms. The summed E-state index contributed by atoms with van der Waals surface area (Å²) in [6.07, 6.45) is -0.0103. The average Bonchev–Trinajstić information content (AvgIpc) is 3.12. The summed E-state index contributed by atoms with van der Waals surface area (Å²) in [4.78, 5) is 26.6. The van der Waals surface area contributed by atoms with Crippen LogP contribution in [-0.2, 0) is 17.8 Å². The van der Waals surface area contributed by atoms with E-state index in [0.717, 1.165) is 32.8 Å². The van der Waals surface area contributed by atoms with E-state index < -0.39 is 36.3 Å². The highest BCUT2D eigenvalue weighted by molar-refractivity contribution is 6.04. The number of anilines is 2. The highest BCUT2D eigenvalue weighted by Gasteiger charge is 2.29. The van der Waals surface area contributed by atoms with E-state index in [1.54, 1.807) is 0 Å². The Balaban J connectivity index is 1.72. The van der Waals surface area contributed by atoms with Crippen LogP contribution in [0.2, 0.25) is 0 Å². The Labute approximate surface area is 181 Å². The van der Waals surface area contributed by atoms with Gasteiger partial charge in [0.2, 0.25) is 5.91 Å². The Morgan fingerprint density at radius 3 is 2.62 bits per heavy atom. The van der Waals surface area contributed by atoms with Crippen LogP contribution in [0.1, 0.15) is 17.5 Å². The molecule has 32 heavy (non-hydrogen) atoms. The van der Waals surface area contributed by atoms with Crippen molar-refractivity contribution in [3.63, 3.8) is 0 Å². The maximum atomic E-state index is 15.2. The summed E-state index contributed by atoms with van der Waals surface area (Å²) in [6, 6.07) is 9.66. The first-order valence-electron chi connectivity index (χ1n) is 9.90. The number of benzene rings is 2. The van der Waals surface area contributed by atoms with Gasteiger partial charge in [0, 0.05) is 24.6 Å². The van der Waals surface area contributed by atoms with Gasteiger partial charge in [-0.15, -0.1) is 0 Å². The Hall–Kier alpha value is -3.66. The summed E-state index contributed by atoms with van der Waals surface area (Å²) in [5.41, 5.74) is 6.82. The molecule has 0 aliphatic carbocycles. The Bertz CT molecular complexity index is 1290. The van der Waals surface area contributed by atoms with Crippen LogP contribution in [0.4, 0.5) is 24.5 Å². The molecule has 4 rings (SSSR count). The van der Waals surface area contributed by atoms with Crippen molar-refractivity contribution in [2.45, 2.75) is 26.3 Å². The van der Waals surface area contributed by atoms with Gasteiger partial charge < -0.3 is 5.73 Å². The van der Waals surface area contributed by atoms with E-state index in [2.05, 4.69) is 5.10 Å². The summed E-state index contributed by atoms with van der Waals surface area (Å²) in [5.74, 6) is -0.929. The van der Waals surface area contributed by atoms with Gasteiger partial charge in [-0.25, -0.2) is 18.4 Å². The van der Waals surface area contributed by atoms with Crippen molar-refractivity contribution < 1.29 is 18.0 Å². The smallest absolute Gasteiger partial charge is 0.327 e. The molecular formula is C22H20F3N5O2. The maximum absolute atomic E-state index is 15.2. The molecule has 2 heterocycles. The van der Waals surface area contributed by atoms with Crippen molar-refractivity contribution >= 4 is 17.3 Å². The summed E-state index contributed by atoms with van der Waals surface area (Å²) in [5, 5.41) is 3.81. The number of aryl methyl sites for hydroxylation is 2. The van der Waals surface area contributed by atoms with E-state index in [9.17, 15) is 18.4 Å². The van der Waals surface area contributed by atoms with Gasteiger partial charge in [0.05, 0.1) is 23.6 Å². The van der Waals surface area contributed by atoms with Crippen LogP contribution in [0.5, 0.6) is 0 Å². The van der Waals surface area contributed by atoms with Gasteiger partial charge in [-0.05, 0) is 36.6 Å². The number of hydrogen-bond acceptors (Lipinski definition) is 4. The Morgan fingerprint density at radius 2 is 1.94 bits per heavy atom. The fourth-order valence-corrected chi connectivity index (χ4v) is 3.81. The van der Waals surface area contributed by atoms with Crippen molar-refractivity contribution in [2.75, 3.05) is 11.4 Å². The standard InChI is InChI=1S/C22H20F3N5O2/c1-13-3-2-4-14-5-8-19(31)30(20(13)14)18-7-6-16(9-17(18)23)28-12-27-29(22(28)32)11-15(10-26)21(24)25/h2-4,6-7,9,12H,5,8,10-11,26H2,1H3. The molecule has 0 saturated heterocycles. The molecule has 1 aromatic heterocycles. The molecule has 0 unspecified atom stereocenters. The molecule has 1 aliphatic rings. The van der Waals surface area contributed by atoms with Gasteiger partial charge in [-0.3, -0.25) is 9.69 Å². The number of aromatic nitrogens is 3. The lowest BCUT2D eigenvalue weighted by molar-refractivity contribution is -0.118. The van der Waals surface area contributed by atoms with Crippen molar-refractivity contribution in [3.05, 3.63) is 81.8 Å². The summed E-state index contributed by atoms with van der Waals surface area (Å²) in [7, 11) is 0. The summed E-state index contributed by atoms with van der Waals surface area (Å²) >= 11 is 0. The first-order chi connectivity index (χ1) is 15.3. The van der Waals surface area contributed by atoms with E-state index in [1.165, 1.54) is 17.0 Å². The minimum atomic E-state index is -1.97. The normalized spacial score (nSPS) is 13.3. The van der Waals surface area contributed by atoms with E-state index >= 15 is 4.39 Å². The number of para-hydroxylation sites is 1. The first-order valence-corrected chi connectivity index (χ1v) is 9.90. The van der Waals surface area contributed by atoms with Gasteiger partial charge in [0.25, 0.3) is 6.08 Å². The third-order valence-corrected chi connectivity index (χ3v) is 5.44. The van der Waals surface area contributed by atoms with Crippen molar-refractivity contribution in [2.24, 2.45) is 5.73 Å². The number of nitrogens with zero attached hydrogens (tertiary/aromatic N) is 4. The highest BCUT2D eigenvalue weighted by atomic mass is 19.3. The average molecular weight is 443 g/mol. The maximum Gasteiger partial charge on any atom is 0.350 e. The predicted octanol–water partition coefficient (Wildman–Crippen LogP) is 3.20. The second-order valence-electron chi connectivity index (χ2n) is 7.46. The molecular weight excluding hydrogens is 423 g/mol. The second kappa shape index (κ2) is 8.46. The minimum absolute atomic E-state index is 0.0716. The molecule has 0 bridgehead atoms. The van der Waals surface area contributed by atoms with Crippen LogP contribution in [0.25, 0.3) is 5.69 Å². The molecule has 2 N–H and O–H groups in total. The largest absolute Gasteiger partial charge is 0.350 e.